The lowest BCUT2D eigenvalue weighted by Gasteiger charge is -2.25. The first kappa shape index (κ1) is 15.4. The Morgan fingerprint density at radius 3 is 2.30 bits per heavy atom. The number of alkyl halides is 3. The topological polar surface area (TPSA) is 12.0 Å². The molecule has 1 atom stereocenters. The molecule has 0 saturated heterocycles. The van der Waals surface area contributed by atoms with E-state index in [-0.39, 0.29) is 0 Å². The first-order valence-electron chi connectivity index (χ1n) is 7.42. The molecule has 1 aromatic rings. The van der Waals surface area contributed by atoms with Gasteiger partial charge in [-0.2, -0.15) is 13.2 Å². The summed E-state index contributed by atoms with van der Waals surface area (Å²) in [6, 6.07) is 6.55. The minimum Gasteiger partial charge on any atom is -0.302 e. The fraction of sp³-hybridized carbons (Fsp3) is 0.625. The summed E-state index contributed by atoms with van der Waals surface area (Å²) in [5, 5.41) is 2.70. The second kappa shape index (κ2) is 7.11. The highest BCUT2D eigenvalue weighted by Crippen LogP contribution is 2.33. The molecule has 0 heterocycles. The van der Waals surface area contributed by atoms with E-state index in [0.29, 0.717) is 18.0 Å². The van der Waals surface area contributed by atoms with Crippen molar-refractivity contribution < 1.29 is 13.2 Å². The highest BCUT2D eigenvalue weighted by molar-refractivity contribution is 5.20. The van der Waals surface area contributed by atoms with Gasteiger partial charge in [-0.15, -0.1) is 0 Å². The van der Waals surface area contributed by atoms with Crippen LogP contribution in [-0.4, -0.2) is 12.7 Å². The quantitative estimate of drug-likeness (QED) is 0.815. The molecule has 1 fully saturated rings. The molecule has 1 nitrogen and oxygen atoms in total. The number of halogens is 3. The number of rotatable bonds is 5. The standard InChI is InChI=1S/C16H22F3N/c17-16(18,19)15(14-9-5-2-6-10-14)20-12-11-13-7-3-1-4-8-13/h2,5-6,9-10,13,15,20H,1,3-4,7-8,11-12H2. The third kappa shape index (κ3) is 4.51. The molecule has 0 bridgehead atoms. The number of benzene rings is 1. The predicted octanol–water partition coefficient (Wildman–Crippen LogP) is 4.85. The van der Waals surface area contributed by atoms with Crippen molar-refractivity contribution in [2.24, 2.45) is 5.92 Å². The van der Waals surface area contributed by atoms with E-state index in [1.807, 2.05) is 0 Å². The average molecular weight is 285 g/mol. The maximum atomic E-state index is 13.1. The van der Waals surface area contributed by atoms with E-state index in [0.717, 1.165) is 6.42 Å². The molecular formula is C16H22F3N. The third-order valence-electron chi connectivity index (χ3n) is 4.09. The zero-order chi connectivity index (χ0) is 14.4. The molecule has 1 N–H and O–H groups in total. The summed E-state index contributed by atoms with van der Waals surface area (Å²) < 4.78 is 39.3. The number of hydrogen-bond donors (Lipinski definition) is 1. The zero-order valence-corrected chi connectivity index (χ0v) is 11.6. The highest BCUT2D eigenvalue weighted by Gasteiger charge is 2.40. The van der Waals surface area contributed by atoms with Crippen LogP contribution >= 0.6 is 0 Å². The Labute approximate surface area is 118 Å². The molecule has 1 saturated carbocycles. The largest absolute Gasteiger partial charge is 0.407 e. The van der Waals surface area contributed by atoms with Gasteiger partial charge in [0.05, 0.1) is 0 Å². The molecule has 0 spiro atoms. The Morgan fingerprint density at radius 2 is 1.70 bits per heavy atom. The lowest BCUT2D eigenvalue weighted by molar-refractivity contribution is -0.157. The SMILES string of the molecule is FC(F)(F)C(NCCC1CCCCC1)c1ccccc1. The van der Waals surface area contributed by atoms with E-state index in [2.05, 4.69) is 5.32 Å². The van der Waals surface area contributed by atoms with Crippen LogP contribution in [0, 0.1) is 5.92 Å². The second-order valence-corrected chi connectivity index (χ2v) is 5.63. The Morgan fingerprint density at radius 1 is 1.05 bits per heavy atom. The van der Waals surface area contributed by atoms with Crippen LogP contribution < -0.4 is 5.32 Å². The summed E-state index contributed by atoms with van der Waals surface area (Å²) in [4.78, 5) is 0. The van der Waals surface area contributed by atoms with Crippen LogP contribution in [0.15, 0.2) is 30.3 Å². The Balaban J connectivity index is 1.88. The molecule has 1 aliphatic rings. The van der Waals surface area contributed by atoms with Crippen LogP contribution in [0.3, 0.4) is 0 Å². The van der Waals surface area contributed by atoms with Gasteiger partial charge in [0.1, 0.15) is 6.04 Å². The summed E-state index contributed by atoms with van der Waals surface area (Å²) in [6.07, 6.45) is 2.68. The molecule has 20 heavy (non-hydrogen) atoms. The Bertz CT molecular complexity index is 382. The van der Waals surface area contributed by atoms with Crippen molar-refractivity contribution >= 4 is 0 Å². The Hall–Kier alpha value is -1.03. The summed E-state index contributed by atoms with van der Waals surface area (Å²) in [5.74, 6) is 0.598. The number of nitrogens with one attached hydrogen (secondary N) is 1. The van der Waals surface area contributed by atoms with Crippen LogP contribution in [-0.2, 0) is 0 Å². The molecular weight excluding hydrogens is 263 g/mol. The molecule has 1 aromatic carbocycles. The summed E-state index contributed by atoms with van der Waals surface area (Å²) in [7, 11) is 0. The van der Waals surface area contributed by atoms with Gasteiger partial charge in [0, 0.05) is 0 Å². The predicted molar refractivity (Wildman–Crippen MR) is 74.4 cm³/mol. The highest BCUT2D eigenvalue weighted by atomic mass is 19.4. The lowest BCUT2D eigenvalue weighted by atomic mass is 9.87. The van der Waals surface area contributed by atoms with Crippen molar-refractivity contribution in [2.75, 3.05) is 6.54 Å². The normalized spacial score (nSPS) is 18.9. The fourth-order valence-corrected chi connectivity index (χ4v) is 2.98. The molecule has 0 amide bonds. The van der Waals surface area contributed by atoms with Crippen LogP contribution in [0.2, 0.25) is 0 Å². The Kier molecular flexibility index (Phi) is 5.46. The van der Waals surface area contributed by atoms with Gasteiger partial charge in [-0.1, -0.05) is 62.4 Å². The van der Waals surface area contributed by atoms with Gasteiger partial charge < -0.3 is 5.32 Å². The van der Waals surface area contributed by atoms with Crippen LogP contribution in [0.25, 0.3) is 0 Å². The monoisotopic (exact) mass is 285 g/mol. The van der Waals surface area contributed by atoms with E-state index in [9.17, 15) is 13.2 Å². The van der Waals surface area contributed by atoms with Crippen LogP contribution in [0.1, 0.15) is 50.1 Å². The minimum absolute atomic E-state index is 0.295. The van der Waals surface area contributed by atoms with Crippen molar-refractivity contribution in [2.45, 2.75) is 50.7 Å². The lowest BCUT2D eigenvalue weighted by Crippen LogP contribution is -2.35. The van der Waals surface area contributed by atoms with Gasteiger partial charge in [-0.3, -0.25) is 0 Å². The van der Waals surface area contributed by atoms with Gasteiger partial charge >= 0.3 is 6.18 Å². The molecule has 1 unspecified atom stereocenters. The van der Waals surface area contributed by atoms with Gasteiger partial charge in [-0.25, -0.2) is 0 Å². The molecule has 4 heteroatoms. The van der Waals surface area contributed by atoms with Crippen molar-refractivity contribution in [1.29, 1.82) is 0 Å². The maximum absolute atomic E-state index is 13.1. The van der Waals surface area contributed by atoms with Crippen molar-refractivity contribution in [3.63, 3.8) is 0 Å². The summed E-state index contributed by atoms with van der Waals surface area (Å²) >= 11 is 0. The van der Waals surface area contributed by atoms with Gasteiger partial charge in [0.25, 0.3) is 0 Å². The van der Waals surface area contributed by atoms with Crippen molar-refractivity contribution in [3.05, 3.63) is 35.9 Å². The van der Waals surface area contributed by atoms with Gasteiger partial charge in [-0.05, 0) is 24.4 Å². The third-order valence-corrected chi connectivity index (χ3v) is 4.09. The smallest absolute Gasteiger partial charge is 0.302 e. The maximum Gasteiger partial charge on any atom is 0.407 e. The van der Waals surface area contributed by atoms with Crippen LogP contribution in [0.4, 0.5) is 13.2 Å². The average Bonchev–Trinajstić information content (AvgIpc) is 2.44. The zero-order valence-electron chi connectivity index (χ0n) is 11.6. The molecule has 2 rings (SSSR count). The van der Waals surface area contributed by atoms with Gasteiger partial charge in [0.2, 0.25) is 0 Å². The summed E-state index contributed by atoms with van der Waals surface area (Å²) in [6.45, 7) is 0.434. The molecule has 112 valence electrons. The second-order valence-electron chi connectivity index (χ2n) is 5.63. The molecule has 0 radical (unpaired) electrons. The van der Waals surface area contributed by atoms with E-state index in [1.54, 1.807) is 18.2 Å². The van der Waals surface area contributed by atoms with E-state index in [1.165, 1.54) is 44.2 Å². The van der Waals surface area contributed by atoms with Crippen LogP contribution in [0.5, 0.6) is 0 Å². The van der Waals surface area contributed by atoms with Gasteiger partial charge in [0.15, 0.2) is 0 Å². The number of hydrogen-bond acceptors (Lipinski definition) is 1. The molecule has 0 aromatic heterocycles. The molecule has 0 aliphatic heterocycles. The van der Waals surface area contributed by atoms with Crippen molar-refractivity contribution in [1.82, 2.24) is 5.32 Å². The van der Waals surface area contributed by atoms with E-state index in [4.69, 9.17) is 0 Å². The minimum atomic E-state index is -4.24. The first-order chi connectivity index (χ1) is 9.57. The fourth-order valence-electron chi connectivity index (χ4n) is 2.98. The first-order valence-corrected chi connectivity index (χ1v) is 7.42. The van der Waals surface area contributed by atoms with Crippen molar-refractivity contribution in [3.8, 4) is 0 Å². The van der Waals surface area contributed by atoms with E-state index >= 15 is 0 Å². The summed E-state index contributed by atoms with van der Waals surface area (Å²) in [5.41, 5.74) is 0.295. The molecule has 1 aliphatic carbocycles. The van der Waals surface area contributed by atoms with E-state index < -0.39 is 12.2 Å².